The van der Waals surface area contributed by atoms with Gasteiger partial charge in [0, 0.05) is 6.20 Å². The second-order valence-electron chi connectivity index (χ2n) is 3.90. The lowest BCUT2D eigenvalue weighted by molar-refractivity contribution is 0.0315. The van der Waals surface area contributed by atoms with Gasteiger partial charge in [-0.15, -0.1) is 0 Å². The zero-order chi connectivity index (χ0) is 11.2. The topological polar surface area (TPSA) is 51.2 Å². The van der Waals surface area contributed by atoms with E-state index in [9.17, 15) is 4.79 Å². The molecule has 16 heavy (non-hydrogen) atoms. The molecule has 0 spiro atoms. The maximum atomic E-state index is 11.7. The number of carbonyl (C=O) groups is 1. The first-order valence-corrected chi connectivity index (χ1v) is 5.63. The number of nitrogens with one attached hydrogen (secondary N) is 1. The molecule has 1 N–H and O–H groups in total. The Morgan fingerprint density at radius 1 is 1.44 bits per heavy atom. The van der Waals surface area contributed by atoms with Crippen LogP contribution in [0.15, 0.2) is 24.4 Å². The molecule has 0 aromatic carbocycles. The molecule has 86 valence electrons. The molecule has 0 aliphatic carbocycles. The highest BCUT2D eigenvalue weighted by atomic mass is 16.5. The van der Waals surface area contributed by atoms with Gasteiger partial charge in [-0.25, -0.2) is 0 Å². The molecule has 2 heterocycles. The number of Topliss-reactive ketones (excluding diaryl/α,β-unsaturated/α-hetero) is 1. The highest BCUT2D eigenvalue weighted by Gasteiger charge is 2.15. The maximum Gasteiger partial charge on any atom is 0.206 e. The molecule has 0 saturated carbocycles. The quantitative estimate of drug-likeness (QED) is 0.770. The lowest BCUT2D eigenvalue weighted by atomic mass is 10.1. The van der Waals surface area contributed by atoms with Crippen molar-refractivity contribution in [2.75, 3.05) is 19.7 Å². The number of nitrogens with zero attached hydrogens (tertiary/aromatic N) is 1. The van der Waals surface area contributed by atoms with Gasteiger partial charge in [0.1, 0.15) is 12.3 Å². The first kappa shape index (κ1) is 11.2. The normalized spacial score (nSPS) is 17.2. The fourth-order valence-corrected chi connectivity index (χ4v) is 1.76. The Morgan fingerprint density at radius 2 is 2.25 bits per heavy atom. The minimum atomic E-state index is -0.0425. The van der Waals surface area contributed by atoms with E-state index in [-0.39, 0.29) is 18.5 Å². The van der Waals surface area contributed by atoms with Crippen LogP contribution in [0.5, 0.6) is 0 Å². The van der Waals surface area contributed by atoms with Crippen molar-refractivity contribution in [1.82, 2.24) is 10.3 Å². The van der Waals surface area contributed by atoms with E-state index < -0.39 is 0 Å². The third-order valence-electron chi connectivity index (χ3n) is 2.69. The van der Waals surface area contributed by atoms with Gasteiger partial charge in [-0.05, 0) is 38.1 Å². The summed E-state index contributed by atoms with van der Waals surface area (Å²) in [5.74, 6) is -0.0425. The van der Waals surface area contributed by atoms with Gasteiger partial charge in [0.2, 0.25) is 5.78 Å². The third-order valence-corrected chi connectivity index (χ3v) is 2.69. The summed E-state index contributed by atoms with van der Waals surface area (Å²) < 4.78 is 5.57. The minimum absolute atomic E-state index is 0.0425. The Hall–Kier alpha value is -1.26. The van der Waals surface area contributed by atoms with Gasteiger partial charge in [0.05, 0.1) is 6.10 Å². The number of carbonyl (C=O) groups excluding carboxylic acids is 1. The van der Waals surface area contributed by atoms with Crippen molar-refractivity contribution in [3.63, 3.8) is 0 Å². The fourth-order valence-electron chi connectivity index (χ4n) is 1.76. The van der Waals surface area contributed by atoms with Crippen LogP contribution in [0.4, 0.5) is 0 Å². The van der Waals surface area contributed by atoms with Gasteiger partial charge in [-0.1, -0.05) is 6.07 Å². The number of piperidine rings is 1. The standard InChI is InChI=1S/C12H16N2O2/c15-12(11-3-1-2-6-14-11)9-16-10-4-7-13-8-5-10/h1-3,6,10,13H,4-5,7-9H2. The Morgan fingerprint density at radius 3 is 2.94 bits per heavy atom. The Labute approximate surface area is 95.0 Å². The van der Waals surface area contributed by atoms with E-state index in [1.807, 2.05) is 6.07 Å². The summed E-state index contributed by atoms with van der Waals surface area (Å²) >= 11 is 0. The van der Waals surface area contributed by atoms with Gasteiger partial charge in [0.15, 0.2) is 0 Å². The van der Waals surface area contributed by atoms with Crippen LogP contribution in [0.2, 0.25) is 0 Å². The number of aromatic nitrogens is 1. The Balaban J connectivity index is 1.79. The van der Waals surface area contributed by atoms with Crippen LogP contribution in [0, 0.1) is 0 Å². The summed E-state index contributed by atoms with van der Waals surface area (Å²) in [4.78, 5) is 15.7. The highest BCUT2D eigenvalue weighted by molar-refractivity contribution is 5.95. The molecule has 4 nitrogen and oxygen atoms in total. The second-order valence-corrected chi connectivity index (χ2v) is 3.90. The number of ether oxygens (including phenoxy) is 1. The largest absolute Gasteiger partial charge is 0.370 e. The molecule has 1 saturated heterocycles. The molecule has 1 fully saturated rings. The number of hydrogen-bond acceptors (Lipinski definition) is 4. The molecule has 1 aliphatic rings. The highest BCUT2D eigenvalue weighted by Crippen LogP contribution is 2.07. The average Bonchev–Trinajstić information content (AvgIpc) is 2.38. The summed E-state index contributed by atoms with van der Waals surface area (Å²) in [7, 11) is 0. The molecule has 0 amide bonds. The van der Waals surface area contributed by atoms with Gasteiger partial charge in [-0.3, -0.25) is 9.78 Å². The van der Waals surface area contributed by atoms with Crippen molar-refractivity contribution < 1.29 is 9.53 Å². The van der Waals surface area contributed by atoms with Crippen LogP contribution in [0.3, 0.4) is 0 Å². The third kappa shape index (κ3) is 3.12. The van der Waals surface area contributed by atoms with Crippen molar-refractivity contribution in [2.24, 2.45) is 0 Å². The van der Waals surface area contributed by atoms with E-state index >= 15 is 0 Å². The number of rotatable bonds is 4. The van der Waals surface area contributed by atoms with Crippen LogP contribution < -0.4 is 5.32 Å². The van der Waals surface area contributed by atoms with Crippen LogP contribution >= 0.6 is 0 Å². The second kappa shape index (κ2) is 5.72. The van der Waals surface area contributed by atoms with E-state index in [4.69, 9.17) is 4.74 Å². The number of pyridine rings is 1. The molecule has 0 radical (unpaired) electrons. The SMILES string of the molecule is O=C(COC1CCNCC1)c1ccccn1. The summed E-state index contributed by atoms with van der Waals surface area (Å²) in [6.45, 7) is 2.09. The smallest absolute Gasteiger partial charge is 0.206 e. The van der Waals surface area contributed by atoms with E-state index in [2.05, 4.69) is 10.3 Å². The molecule has 0 unspecified atom stereocenters. The van der Waals surface area contributed by atoms with Crippen LogP contribution in [-0.2, 0) is 4.74 Å². The predicted octanol–water partition coefficient (Wildman–Crippen LogP) is 1.03. The molecule has 0 bridgehead atoms. The van der Waals surface area contributed by atoms with Crippen LogP contribution in [-0.4, -0.2) is 36.6 Å². The minimum Gasteiger partial charge on any atom is -0.370 e. The summed E-state index contributed by atoms with van der Waals surface area (Å²) in [6, 6.07) is 5.32. The van der Waals surface area contributed by atoms with Crippen LogP contribution in [0.25, 0.3) is 0 Å². The number of ketones is 1. The maximum absolute atomic E-state index is 11.7. The molecule has 1 aromatic rings. The molecule has 1 aromatic heterocycles. The fraction of sp³-hybridized carbons (Fsp3) is 0.500. The monoisotopic (exact) mass is 220 g/mol. The molecular weight excluding hydrogens is 204 g/mol. The van der Waals surface area contributed by atoms with Crippen molar-refractivity contribution in [3.8, 4) is 0 Å². The van der Waals surface area contributed by atoms with E-state index in [0.29, 0.717) is 5.69 Å². The van der Waals surface area contributed by atoms with Crippen molar-refractivity contribution in [1.29, 1.82) is 0 Å². The zero-order valence-electron chi connectivity index (χ0n) is 9.19. The zero-order valence-corrected chi connectivity index (χ0v) is 9.19. The first-order chi connectivity index (χ1) is 7.86. The molecule has 4 heteroatoms. The molecule has 1 aliphatic heterocycles. The van der Waals surface area contributed by atoms with Gasteiger partial charge in [-0.2, -0.15) is 0 Å². The van der Waals surface area contributed by atoms with Crippen molar-refractivity contribution in [2.45, 2.75) is 18.9 Å². The summed E-state index contributed by atoms with van der Waals surface area (Å²) in [5, 5.41) is 3.26. The number of hydrogen-bond donors (Lipinski definition) is 1. The predicted molar refractivity (Wildman–Crippen MR) is 60.4 cm³/mol. The van der Waals surface area contributed by atoms with Gasteiger partial charge in [0.25, 0.3) is 0 Å². The summed E-state index contributed by atoms with van der Waals surface area (Å²) in [5.41, 5.74) is 0.483. The van der Waals surface area contributed by atoms with E-state index in [1.54, 1.807) is 18.3 Å². The van der Waals surface area contributed by atoms with Crippen molar-refractivity contribution >= 4 is 5.78 Å². The van der Waals surface area contributed by atoms with E-state index in [0.717, 1.165) is 25.9 Å². The molecular formula is C12H16N2O2. The lowest BCUT2D eigenvalue weighted by Gasteiger charge is -2.22. The first-order valence-electron chi connectivity index (χ1n) is 5.63. The van der Waals surface area contributed by atoms with E-state index in [1.165, 1.54) is 0 Å². The van der Waals surface area contributed by atoms with Crippen LogP contribution in [0.1, 0.15) is 23.3 Å². The molecule has 0 atom stereocenters. The van der Waals surface area contributed by atoms with Gasteiger partial charge >= 0.3 is 0 Å². The molecule has 2 rings (SSSR count). The van der Waals surface area contributed by atoms with Crippen molar-refractivity contribution in [3.05, 3.63) is 30.1 Å². The Bertz CT molecular complexity index is 334. The lowest BCUT2D eigenvalue weighted by Crippen LogP contribution is -2.33. The van der Waals surface area contributed by atoms with Gasteiger partial charge < -0.3 is 10.1 Å². The Kier molecular flexibility index (Phi) is 4.02. The summed E-state index contributed by atoms with van der Waals surface area (Å²) in [6.07, 6.45) is 3.80. The average molecular weight is 220 g/mol.